The Bertz CT molecular complexity index is 611. The number of nitrogens with one attached hydrogen (secondary N) is 2. The van der Waals surface area contributed by atoms with Crippen LogP contribution in [-0.4, -0.2) is 49.9 Å². The summed E-state index contributed by atoms with van der Waals surface area (Å²) in [5.74, 6) is 0.123. The summed E-state index contributed by atoms with van der Waals surface area (Å²) < 4.78 is 0. The van der Waals surface area contributed by atoms with E-state index in [1.165, 1.54) is 24.8 Å². The van der Waals surface area contributed by atoms with Gasteiger partial charge in [-0.3, -0.25) is 9.59 Å². The van der Waals surface area contributed by atoms with Crippen LogP contribution >= 0.6 is 0 Å². The number of nitrogens with zero attached hydrogens (tertiary/aromatic N) is 1. The molecule has 1 aliphatic heterocycles. The van der Waals surface area contributed by atoms with Crippen molar-refractivity contribution >= 4 is 17.5 Å². The minimum absolute atomic E-state index is 0.0435. The Labute approximate surface area is 157 Å². The highest BCUT2D eigenvalue weighted by Gasteiger charge is 2.20. The molecule has 1 aliphatic rings. The molecule has 1 fully saturated rings. The van der Waals surface area contributed by atoms with Crippen molar-refractivity contribution in [2.45, 2.75) is 52.9 Å². The molecule has 1 aromatic carbocycles. The second-order valence-corrected chi connectivity index (χ2v) is 7.78. The topological polar surface area (TPSA) is 53.9 Å². The first-order valence-corrected chi connectivity index (χ1v) is 9.83. The number of carbonyl (C=O) groups is 2. The van der Waals surface area contributed by atoms with Gasteiger partial charge in [-0.15, -0.1) is 0 Å². The first-order chi connectivity index (χ1) is 12.4. The van der Waals surface area contributed by atoms with Crippen LogP contribution in [0.3, 0.4) is 0 Å². The lowest BCUT2D eigenvalue weighted by Gasteiger charge is -2.25. The molecule has 0 bridgehead atoms. The fourth-order valence-corrected chi connectivity index (χ4v) is 3.76. The van der Waals surface area contributed by atoms with Crippen molar-refractivity contribution in [2.75, 3.05) is 38.5 Å². The van der Waals surface area contributed by atoms with Crippen LogP contribution in [0.5, 0.6) is 0 Å². The normalized spacial score (nSPS) is 16.5. The van der Waals surface area contributed by atoms with E-state index in [0.29, 0.717) is 13.1 Å². The summed E-state index contributed by atoms with van der Waals surface area (Å²) in [5, 5.41) is 3.02. The molecule has 2 amide bonds. The molecule has 5 nitrogen and oxygen atoms in total. The van der Waals surface area contributed by atoms with Gasteiger partial charge in [0.25, 0.3) is 11.8 Å². The van der Waals surface area contributed by atoms with Crippen LogP contribution < -0.4 is 10.2 Å². The van der Waals surface area contributed by atoms with E-state index in [9.17, 15) is 9.59 Å². The Kier molecular flexibility index (Phi) is 7.64. The number of hydrogen-bond acceptors (Lipinski definition) is 2. The van der Waals surface area contributed by atoms with Crippen LogP contribution in [0.15, 0.2) is 12.1 Å². The van der Waals surface area contributed by atoms with Gasteiger partial charge in [0, 0.05) is 18.8 Å². The molecular weight excluding hydrogens is 326 g/mol. The zero-order chi connectivity index (χ0) is 19.1. The van der Waals surface area contributed by atoms with Gasteiger partial charge in [0.05, 0.1) is 7.05 Å². The molecule has 1 atom stereocenters. The van der Waals surface area contributed by atoms with Gasteiger partial charge in [-0.2, -0.15) is 0 Å². The van der Waals surface area contributed by atoms with Gasteiger partial charge in [0.15, 0.2) is 13.1 Å². The van der Waals surface area contributed by atoms with Crippen LogP contribution in [-0.2, 0) is 9.59 Å². The van der Waals surface area contributed by atoms with Crippen LogP contribution in [0, 0.1) is 20.8 Å². The monoisotopic (exact) mass is 360 g/mol. The Hall–Kier alpha value is -1.88. The van der Waals surface area contributed by atoms with Crippen molar-refractivity contribution in [1.82, 2.24) is 4.90 Å². The largest absolute Gasteiger partial charge is 0.338 e. The highest BCUT2D eigenvalue weighted by Crippen LogP contribution is 2.21. The van der Waals surface area contributed by atoms with Crippen LogP contribution in [0.25, 0.3) is 0 Å². The van der Waals surface area contributed by atoms with E-state index in [4.69, 9.17) is 0 Å². The maximum Gasteiger partial charge on any atom is 0.279 e. The molecule has 0 spiro atoms. The first kappa shape index (κ1) is 20.4. The van der Waals surface area contributed by atoms with Gasteiger partial charge in [-0.05, 0) is 44.7 Å². The van der Waals surface area contributed by atoms with E-state index >= 15 is 0 Å². The molecule has 0 radical (unpaired) electrons. The number of likely N-dealkylation sites (N-methyl/N-ethyl adjacent to an activating group) is 1. The van der Waals surface area contributed by atoms with E-state index in [1.807, 2.05) is 25.8 Å². The zero-order valence-corrected chi connectivity index (χ0v) is 16.8. The molecule has 144 valence electrons. The zero-order valence-electron chi connectivity index (χ0n) is 16.8. The summed E-state index contributed by atoms with van der Waals surface area (Å²) in [4.78, 5) is 27.9. The van der Waals surface area contributed by atoms with Gasteiger partial charge in [-0.25, -0.2) is 0 Å². The lowest BCUT2D eigenvalue weighted by Crippen LogP contribution is -3.11. The SMILES string of the molecule is Cc1cc(C)c(NC(=O)C[NH+](C)CC(=O)N2CCCCCCC2)c(C)c1. The second-order valence-electron chi connectivity index (χ2n) is 7.78. The van der Waals surface area contributed by atoms with E-state index in [0.717, 1.165) is 47.6 Å². The average molecular weight is 361 g/mol. The number of quaternary nitrogens is 1. The molecule has 1 saturated heterocycles. The lowest BCUT2D eigenvalue weighted by atomic mass is 10.1. The van der Waals surface area contributed by atoms with E-state index in [2.05, 4.69) is 24.4 Å². The number of aryl methyl sites for hydroxylation is 3. The summed E-state index contributed by atoms with van der Waals surface area (Å²) in [6.45, 7) is 8.47. The smallest absolute Gasteiger partial charge is 0.279 e. The number of hydrogen-bond donors (Lipinski definition) is 2. The standard InChI is InChI=1S/C21H33N3O2/c1-16-12-17(2)21(18(3)13-16)22-19(25)14-23(4)15-20(26)24-10-8-6-5-7-9-11-24/h12-13H,5-11,14-15H2,1-4H3,(H,22,25)/p+1. The van der Waals surface area contributed by atoms with Gasteiger partial charge in [0.2, 0.25) is 0 Å². The van der Waals surface area contributed by atoms with Gasteiger partial charge in [-0.1, -0.05) is 37.0 Å². The molecule has 0 aromatic heterocycles. The molecule has 1 heterocycles. The molecule has 26 heavy (non-hydrogen) atoms. The van der Waals surface area contributed by atoms with Crippen molar-refractivity contribution in [3.8, 4) is 0 Å². The van der Waals surface area contributed by atoms with Gasteiger partial charge in [0.1, 0.15) is 0 Å². The fourth-order valence-electron chi connectivity index (χ4n) is 3.76. The summed E-state index contributed by atoms with van der Waals surface area (Å²) in [7, 11) is 1.91. The molecule has 2 rings (SSSR count). The Morgan fingerprint density at radius 1 is 0.962 bits per heavy atom. The van der Waals surface area contributed by atoms with Gasteiger partial charge >= 0.3 is 0 Å². The molecule has 1 aromatic rings. The number of amides is 2. The number of benzene rings is 1. The molecule has 0 aliphatic carbocycles. The quantitative estimate of drug-likeness (QED) is 0.842. The maximum absolute atomic E-state index is 12.5. The minimum atomic E-state index is -0.0435. The van der Waals surface area contributed by atoms with Crippen LogP contribution in [0.2, 0.25) is 0 Å². The number of anilines is 1. The first-order valence-electron chi connectivity index (χ1n) is 9.83. The predicted octanol–water partition coefficient (Wildman–Crippen LogP) is 1.86. The van der Waals surface area contributed by atoms with Crippen molar-refractivity contribution in [3.63, 3.8) is 0 Å². The highest BCUT2D eigenvalue weighted by atomic mass is 16.2. The van der Waals surface area contributed by atoms with Crippen molar-refractivity contribution in [2.24, 2.45) is 0 Å². The Morgan fingerprint density at radius 3 is 2.08 bits per heavy atom. The van der Waals surface area contributed by atoms with Crippen molar-refractivity contribution in [3.05, 3.63) is 28.8 Å². The lowest BCUT2D eigenvalue weighted by molar-refractivity contribution is -0.862. The van der Waals surface area contributed by atoms with Crippen LogP contribution in [0.1, 0.15) is 48.8 Å². The number of carbonyl (C=O) groups excluding carboxylic acids is 2. The average Bonchev–Trinajstić information content (AvgIpc) is 2.50. The van der Waals surface area contributed by atoms with E-state index < -0.39 is 0 Å². The summed E-state index contributed by atoms with van der Waals surface area (Å²) in [6, 6.07) is 4.15. The maximum atomic E-state index is 12.5. The molecule has 5 heteroatoms. The second kappa shape index (κ2) is 9.72. The number of rotatable bonds is 5. The third kappa shape index (κ3) is 6.13. The molecule has 1 unspecified atom stereocenters. The highest BCUT2D eigenvalue weighted by molar-refractivity contribution is 5.93. The third-order valence-corrected chi connectivity index (χ3v) is 5.07. The predicted molar refractivity (Wildman–Crippen MR) is 106 cm³/mol. The fraction of sp³-hybridized carbons (Fsp3) is 0.619. The Morgan fingerprint density at radius 2 is 1.50 bits per heavy atom. The van der Waals surface area contributed by atoms with Crippen molar-refractivity contribution < 1.29 is 14.5 Å². The van der Waals surface area contributed by atoms with E-state index in [1.54, 1.807) is 0 Å². The summed E-state index contributed by atoms with van der Waals surface area (Å²) in [6.07, 6.45) is 5.90. The summed E-state index contributed by atoms with van der Waals surface area (Å²) in [5.41, 5.74) is 4.23. The number of likely N-dealkylation sites (tertiary alicyclic amines) is 1. The molecular formula is C21H34N3O2+. The summed E-state index contributed by atoms with van der Waals surface area (Å²) >= 11 is 0. The minimum Gasteiger partial charge on any atom is -0.338 e. The van der Waals surface area contributed by atoms with Crippen molar-refractivity contribution in [1.29, 1.82) is 0 Å². The Balaban J connectivity index is 1.85. The molecule has 0 saturated carbocycles. The van der Waals surface area contributed by atoms with Gasteiger partial charge < -0.3 is 15.1 Å². The third-order valence-electron chi connectivity index (χ3n) is 5.07. The van der Waals surface area contributed by atoms with E-state index in [-0.39, 0.29) is 11.8 Å². The molecule has 2 N–H and O–H groups in total. The van der Waals surface area contributed by atoms with Crippen LogP contribution in [0.4, 0.5) is 5.69 Å².